The molecule has 1 rings (SSSR count). The van der Waals surface area contributed by atoms with Crippen LogP contribution in [0.3, 0.4) is 0 Å². The van der Waals surface area contributed by atoms with Crippen molar-refractivity contribution in [3.05, 3.63) is 48.1 Å². The third kappa shape index (κ3) is 6.67. The Labute approximate surface area is 146 Å². The van der Waals surface area contributed by atoms with Crippen LogP contribution < -0.4 is 0 Å². The largest absolute Gasteiger partial charge is 0.460 e. The summed E-state index contributed by atoms with van der Waals surface area (Å²) in [6, 6.07) is -0.292. The summed E-state index contributed by atoms with van der Waals surface area (Å²) in [5.74, 6) is -0.0239. The quantitative estimate of drug-likeness (QED) is 0.369. The van der Waals surface area contributed by atoms with E-state index in [1.54, 1.807) is 19.3 Å². The number of likely N-dealkylation sites (N-methyl/N-ethyl adjacent to an activating group) is 1. The van der Waals surface area contributed by atoms with E-state index in [2.05, 4.69) is 23.7 Å². The smallest absolute Gasteiger partial charge is 0.323 e. The maximum atomic E-state index is 12.6. The molecule has 0 aromatic heterocycles. The average Bonchev–Trinajstić information content (AvgIpc) is 2.57. The van der Waals surface area contributed by atoms with Gasteiger partial charge < -0.3 is 4.74 Å². The van der Waals surface area contributed by atoms with E-state index in [4.69, 9.17) is 4.74 Å². The molecule has 0 bridgehead atoms. The van der Waals surface area contributed by atoms with Crippen LogP contribution in [0.15, 0.2) is 53.1 Å². The minimum absolute atomic E-state index is 0.157. The van der Waals surface area contributed by atoms with Crippen molar-refractivity contribution in [2.75, 3.05) is 27.2 Å². The number of nitrogens with zero attached hydrogens (tertiary/aromatic N) is 2. The molecule has 0 heterocycles. The lowest BCUT2D eigenvalue weighted by atomic mass is 10.0. The van der Waals surface area contributed by atoms with E-state index in [0.29, 0.717) is 13.2 Å². The summed E-state index contributed by atoms with van der Waals surface area (Å²) in [6.07, 6.45) is 13.8. The summed E-state index contributed by atoms with van der Waals surface area (Å²) >= 11 is 0. The van der Waals surface area contributed by atoms with Crippen molar-refractivity contribution in [1.29, 1.82) is 0 Å². The summed E-state index contributed by atoms with van der Waals surface area (Å²) in [4.78, 5) is 18.5. The predicted octanol–water partition coefficient (Wildman–Crippen LogP) is 3.58. The minimum Gasteiger partial charge on any atom is -0.460 e. The lowest BCUT2D eigenvalue weighted by Gasteiger charge is -2.29. The number of hydrogen-bond acceptors (Lipinski definition) is 4. The highest BCUT2D eigenvalue weighted by molar-refractivity contribution is 5.76. The first-order chi connectivity index (χ1) is 11.5. The molecule has 0 amide bonds. The Kier molecular flexibility index (Phi) is 9.02. The van der Waals surface area contributed by atoms with Gasteiger partial charge >= 0.3 is 5.97 Å². The van der Waals surface area contributed by atoms with Gasteiger partial charge in [0, 0.05) is 19.8 Å². The second kappa shape index (κ2) is 10.8. The highest BCUT2D eigenvalue weighted by Gasteiger charge is 2.28. The molecule has 4 heteroatoms. The second-order valence-corrected chi connectivity index (χ2v) is 6.32. The van der Waals surface area contributed by atoms with Gasteiger partial charge in [0.2, 0.25) is 0 Å². The zero-order valence-corrected chi connectivity index (χ0v) is 15.4. The molecule has 132 valence electrons. The Morgan fingerprint density at radius 1 is 1.46 bits per heavy atom. The third-order valence-electron chi connectivity index (χ3n) is 3.93. The first-order valence-corrected chi connectivity index (χ1v) is 8.45. The molecule has 1 aliphatic carbocycles. The van der Waals surface area contributed by atoms with Gasteiger partial charge in [0.15, 0.2) is 0 Å². The molecule has 0 N–H and O–H groups in total. The summed E-state index contributed by atoms with van der Waals surface area (Å²) in [5.41, 5.74) is 2.09. The Morgan fingerprint density at radius 2 is 2.21 bits per heavy atom. The number of aliphatic imine (C=N–C) groups is 1. The lowest BCUT2D eigenvalue weighted by Crippen LogP contribution is -2.44. The maximum Gasteiger partial charge on any atom is 0.323 e. The van der Waals surface area contributed by atoms with E-state index in [0.717, 1.165) is 24.0 Å². The van der Waals surface area contributed by atoms with Crippen molar-refractivity contribution >= 4 is 12.2 Å². The predicted molar refractivity (Wildman–Crippen MR) is 101 cm³/mol. The van der Waals surface area contributed by atoms with Crippen LogP contribution >= 0.6 is 0 Å². The molecule has 0 fully saturated rings. The maximum absolute atomic E-state index is 12.6. The molecular formula is C20H30N2O2. The van der Waals surface area contributed by atoms with Gasteiger partial charge in [0.1, 0.15) is 12.6 Å². The number of carbonyl (C=O) groups is 1. The number of esters is 1. The summed E-state index contributed by atoms with van der Waals surface area (Å²) in [6.45, 7) is 8.86. The second-order valence-electron chi connectivity index (χ2n) is 6.32. The SMILES string of the molecule is C=C/C(=C\C=NC)CN(C)C(C(=O)OCC1=CCCC=C1)C(C)C. The van der Waals surface area contributed by atoms with Crippen molar-refractivity contribution < 1.29 is 9.53 Å². The lowest BCUT2D eigenvalue weighted by molar-refractivity contribution is -0.150. The number of allylic oxidation sites excluding steroid dienone is 3. The molecule has 0 aliphatic heterocycles. The normalized spacial score (nSPS) is 16.6. The van der Waals surface area contributed by atoms with Gasteiger partial charge in [-0.15, -0.1) is 0 Å². The first kappa shape index (κ1) is 20.1. The molecule has 0 spiro atoms. The van der Waals surface area contributed by atoms with Crippen LogP contribution in [0.5, 0.6) is 0 Å². The van der Waals surface area contributed by atoms with Gasteiger partial charge in [-0.25, -0.2) is 0 Å². The zero-order valence-electron chi connectivity index (χ0n) is 15.4. The first-order valence-electron chi connectivity index (χ1n) is 8.45. The zero-order chi connectivity index (χ0) is 17.9. The molecule has 0 aromatic carbocycles. The fraction of sp³-hybridized carbons (Fsp3) is 0.500. The number of ether oxygens (including phenoxy) is 1. The molecule has 24 heavy (non-hydrogen) atoms. The topological polar surface area (TPSA) is 41.9 Å². The van der Waals surface area contributed by atoms with Crippen LogP contribution in [0.1, 0.15) is 26.7 Å². The van der Waals surface area contributed by atoms with Crippen LogP contribution in [0.4, 0.5) is 0 Å². The summed E-state index contributed by atoms with van der Waals surface area (Å²) in [5, 5.41) is 0. The van der Waals surface area contributed by atoms with Crippen LogP contribution in [0.25, 0.3) is 0 Å². The van der Waals surface area contributed by atoms with Crippen molar-refractivity contribution in [1.82, 2.24) is 4.90 Å². The summed E-state index contributed by atoms with van der Waals surface area (Å²) in [7, 11) is 3.66. The van der Waals surface area contributed by atoms with Crippen molar-refractivity contribution in [2.24, 2.45) is 10.9 Å². The van der Waals surface area contributed by atoms with Crippen molar-refractivity contribution in [2.45, 2.75) is 32.7 Å². The van der Waals surface area contributed by atoms with E-state index in [-0.39, 0.29) is 17.9 Å². The molecule has 1 aliphatic rings. The molecule has 4 nitrogen and oxygen atoms in total. The van der Waals surface area contributed by atoms with Crippen LogP contribution in [0, 0.1) is 5.92 Å². The van der Waals surface area contributed by atoms with Gasteiger partial charge in [-0.05, 0) is 43.0 Å². The molecule has 1 unspecified atom stereocenters. The third-order valence-corrected chi connectivity index (χ3v) is 3.93. The Morgan fingerprint density at radius 3 is 2.75 bits per heavy atom. The van der Waals surface area contributed by atoms with E-state index < -0.39 is 0 Å². The standard InChI is InChI=1S/C20H30N2O2/c1-6-17(12-13-21-4)14-22(5)19(16(2)3)20(23)24-15-18-10-8-7-9-11-18/h6,8,10-13,16,19H,1,7,9,14-15H2,2-5H3/b17-12+,21-13?. The monoisotopic (exact) mass is 330 g/mol. The number of hydrogen-bond donors (Lipinski definition) is 0. The molecule has 0 aromatic rings. The van der Waals surface area contributed by atoms with Gasteiger partial charge in [0.25, 0.3) is 0 Å². The van der Waals surface area contributed by atoms with E-state index in [9.17, 15) is 4.79 Å². The van der Waals surface area contributed by atoms with Gasteiger partial charge in [-0.1, -0.05) is 44.7 Å². The van der Waals surface area contributed by atoms with Gasteiger partial charge in [0.05, 0.1) is 0 Å². The fourth-order valence-electron chi connectivity index (χ4n) is 2.72. The van der Waals surface area contributed by atoms with E-state index in [1.807, 2.05) is 37.9 Å². The highest BCUT2D eigenvalue weighted by Crippen LogP contribution is 2.15. The molecular weight excluding hydrogens is 300 g/mol. The minimum atomic E-state index is -0.292. The van der Waals surface area contributed by atoms with Crippen molar-refractivity contribution in [3.63, 3.8) is 0 Å². The Bertz CT molecular complexity index is 542. The molecule has 0 saturated heterocycles. The average molecular weight is 330 g/mol. The fourth-order valence-corrected chi connectivity index (χ4v) is 2.72. The summed E-state index contributed by atoms with van der Waals surface area (Å²) < 4.78 is 5.55. The van der Waals surface area contributed by atoms with Crippen LogP contribution in [0.2, 0.25) is 0 Å². The highest BCUT2D eigenvalue weighted by atomic mass is 16.5. The van der Waals surface area contributed by atoms with Crippen LogP contribution in [-0.4, -0.2) is 50.4 Å². The van der Waals surface area contributed by atoms with Crippen LogP contribution in [-0.2, 0) is 9.53 Å². The molecule has 1 atom stereocenters. The Balaban J connectivity index is 2.69. The Hall–Kier alpha value is -1.94. The molecule has 0 saturated carbocycles. The van der Waals surface area contributed by atoms with E-state index in [1.165, 1.54) is 0 Å². The molecule has 0 radical (unpaired) electrons. The van der Waals surface area contributed by atoms with Gasteiger partial charge in [-0.3, -0.25) is 14.7 Å². The van der Waals surface area contributed by atoms with E-state index >= 15 is 0 Å². The van der Waals surface area contributed by atoms with Crippen molar-refractivity contribution in [3.8, 4) is 0 Å². The van der Waals surface area contributed by atoms with Gasteiger partial charge in [-0.2, -0.15) is 0 Å². The number of rotatable bonds is 9. The number of carbonyl (C=O) groups excluding carboxylic acids is 1.